The second-order valence-corrected chi connectivity index (χ2v) is 12.1. The van der Waals surface area contributed by atoms with Crippen molar-refractivity contribution in [2.75, 3.05) is 14.1 Å². The third-order valence-electron chi connectivity index (χ3n) is 6.28. The van der Waals surface area contributed by atoms with E-state index >= 15 is 0 Å². The summed E-state index contributed by atoms with van der Waals surface area (Å²) in [5, 5.41) is -1.22. The number of alkyl halides is 9. The molecule has 0 radical (unpaired) electrons. The van der Waals surface area contributed by atoms with E-state index in [1.54, 1.807) is 0 Å². The van der Waals surface area contributed by atoms with E-state index in [1.807, 2.05) is 0 Å². The van der Waals surface area contributed by atoms with Gasteiger partial charge in [0.1, 0.15) is 0 Å². The molecule has 2 aliphatic heterocycles. The maximum absolute atomic E-state index is 14.3. The Labute approximate surface area is 182 Å². The van der Waals surface area contributed by atoms with Gasteiger partial charge in [0, 0.05) is 0 Å². The molecule has 2 heterocycles. The monoisotopic (exact) mass is 505 g/mol. The summed E-state index contributed by atoms with van der Waals surface area (Å²) in [6, 6.07) is 7.97. The molecule has 0 aromatic heterocycles. The number of fused-ring (bicyclic) bond motifs is 4. The zero-order valence-corrected chi connectivity index (χ0v) is 18.1. The van der Waals surface area contributed by atoms with Crippen LogP contribution in [0.3, 0.4) is 0 Å². The zero-order valence-electron chi connectivity index (χ0n) is 17.2. The second kappa shape index (κ2) is 6.41. The van der Waals surface area contributed by atoms with Crippen LogP contribution in [-0.2, 0) is 20.2 Å². The van der Waals surface area contributed by atoms with Gasteiger partial charge in [-0.25, -0.2) is 0 Å². The summed E-state index contributed by atoms with van der Waals surface area (Å²) in [5.41, 5.74) is -10.1. The SMILES string of the molecule is CN(C)P12(OC(C)(C(F)(F)F)c3ccccc31)OC(C(F)(F)F)(C(F)(F)F)c1ccccc12. The summed E-state index contributed by atoms with van der Waals surface area (Å²) >= 11 is 0. The van der Waals surface area contributed by atoms with E-state index in [-0.39, 0.29) is 0 Å². The van der Waals surface area contributed by atoms with Crippen LogP contribution >= 0.6 is 7.21 Å². The van der Waals surface area contributed by atoms with E-state index in [1.165, 1.54) is 12.1 Å². The predicted octanol–water partition coefficient (Wildman–Crippen LogP) is 5.66. The molecule has 0 bridgehead atoms. The van der Waals surface area contributed by atoms with Crippen molar-refractivity contribution in [3.63, 3.8) is 0 Å². The molecule has 0 amide bonds. The average molecular weight is 505 g/mol. The maximum atomic E-state index is 14.3. The van der Waals surface area contributed by atoms with Crippen molar-refractivity contribution in [3.05, 3.63) is 59.7 Å². The average Bonchev–Trinajstić information content (AvgIpc) is 3.11. The molecule has 0 aliphatic carbocycles. The second-order valence-electron chi connectivity index (χ2n) is 8.19. The molecule has 3 nitrogen and oxygen atoms in total. The summed E-state index contributed by atoms with van der Waals surface area (Å²) < 4.78 is 140. The van der Waals surface area contributed by atoms with Gasteiger partial charge in [0.05, 0.1) is 0 Å². The molecule has 1 atom stereocenters. The molecule has 4 rings (SSSR count). The van der Waals surface area contributed by atoms with Crippen LogP contribution in [0.2, 0.25) is 0 Å². The number of hydrogen-bond acceptors (Lipinski definition) is 3. The van der Waals surface area contributed by atoms with Crippen molar-refractivity contribution in [2.24, 2.45) is 0 Å². The standard InChI is InChI=1S/C20H17F9NO2P/c1-16(18(21,22)23)12-8-4-6-10-14(12)33(31-16,30(2)3)15-11-7-5-9-13(15)17(32-33,19(24,25)26)20(27,28)29/h4-11H,1-3H3. The van der Waals surface area contributed by atoms with Gasteiger partial charge < -0.3 is 0 Å². The van der Waals surface area contributed by atoms with Crippen LogP contribution in [0.15, 0.2) is 48.5 Å². The third-order valence-corrected chi connectivity index (χ3v) is 11.5. The van der Waals surface area contributed by atoms with E-state index in [2.05, 4.69) is 0 Å². The Hall–Kier alpha value is -1.88. The number of rotatable bonds is 1. The summed E-state index contributed by atoms with van der Waals surface area (Å²) in [4.78, 5) is 0. The van der Waals surface area contributed by atoms with Crippen LogP contribution in [0.1, 0.15) is 18.1 Å². The molecule has 2 aromatic carbocycles. The number of halogens is 9. The van der Waals surface area contributed by atoms with Crippen LogP contribution < -0.4 is 10.6 Å². The fourth-order valence-corrected chi connectivity index (χ4v) is 10.4. The van der Waals surface area contributed by atoms with Crippen molar-refractivity contribution in [3.8, 4) is 0 Å². The van der Waals surface area contributed by atoms with Crippen LogP contribution in [0, 0.1) is 0 Å². The van der Waals surface area contributed by atoms with Crippen LogP contribution in [-0.4, -0.2) is 37.3 Å². The van der Waals surface area contributed by atoms with Crippen LogP contribution in [0.5, 0.6) is 0 Å². The molecule has 2 aliphatic rings. The van der Waals surface area contributed by atoms with E-state index in [4.69, 9.17) is 9.05 Å². The van der Waals surface area contributed by atoms with Gasteiger partial charge in [-0.15, -0.1) is 0 Å². The number of hydrogen-bond donors (Lipinski definition) is 0. The van der Waals surface area contributed by atoms with Crippen molar-refractivity contribution in [2.45, 2.75) is 36.7 Å². The predicted molar refractivity (Wildman–Crippen MR) is 102 cm³/mol. The topological polar surface area (TPSA) is 21.7 Å². The van der Waals surface area contributed by atoms with Crippen LogP contribution in [0.25, 0.3) is 0 Å². The van der Waals surface area contributed by atoms with Gasteiger partial charge in [-0.3, -0.25) is 0 Å². The first-order chi connectivity index (χ1) is 14.9. The number of nitrogens with zero attached hydrogens (tertiary/aromatic N) is 1. The molecular formula is C20H17F9NO2P. The molecule has 0 saturated heterocycles. The molecular weight excluding hydrogens is 488 g/mol. The van der Waals surface area contributed by atoms with Crippen molar-refractivity contribution < 1.29 is 48.6 Å². The minimum atomic E-state index is -6.08. The van der Waals surface area contributed by atoms with E-state index in [0.29, 0.717) is 13.0 Å². The fraction of sp³-hybridized carbons (Fsp3) is 0.400. The van der Waals surface area contributed by atoms with Gasteiger partial charge in [-0.1, -0.05) is 0 Å². The van der Waals surface area contributed by atoms with Crippen molar-refractivity contribution in [1.82, 2.24) is 4.67 Å². The summed E-state index contributed by atoms with van der Waals surface area (Å²) in [6.07, 6.45) is -17.3. The Bertz CT molecular complexity index is 1120. The molecule has 1 unspecified atom stereocenters. The molecule has 1 spiro atoms. The molecule has 13 heteroatoms. The molecule has 33 heavy (non-hydrogen) atoms. The first kappa shape index (κ1) is 24.3. The normalized spacial score (nSPS) is 26.6. The van der Waals surface area contributed by atoms with Gasteiger partial charge in [0.25, 0.3) is 0 Å². The quantitative estimate of drug-likeness (QED) is 0.369. The van der Waals surface area contributed by atoms with E-state index in [9.17, 15) is 39.5 Å². The third kappa shape index (κ3) is 2.53. The molecule has 0 fully saturated rings. The first-order valence-electron chi connectivity index (χ1n) is 9.42. The van der Waals surface area contributed by atoms with Gasteiger partial charge in [0.15, 0.2) is 0 Å². The fourth-order valence-electron chi connectivity index (χ4n) is 4.74. The summed E-state index contributed by atoms with van der Waals surface area (Å²) in [6.45, 7) is 0.573. The minimum absolute atomic E-state index is 0.504. The molecule has 0 saturated carbocycles. The van der Waals surface area contributed by atoms with Gasteiger partial charge >= 0.3 is 181 Å². The summed E-state index contributed by atoms with van der Waals surface area (Å²) in [7, 11) is -3.79. The van der Waals surface area contributed by atoms with Crippen LogP contribution in [0.4, 0.5) is 39.5 Å². The molecule has 2 aromatic rings. The Balaban J connectivity index is 2.26. The summed E-state index contributed by atoms with van der Waals surface area (Å²) in [5.74, 6) is 0. The van der Waals surface area contributed by atoms with Crippen molar-refractivity contribution in [1.29, 1.82) is 0 Å². The molecule has 182 valence electrons. The zero-order chi connectivity index (χ0) is 24.9. The Kier molecular flexibility index (Phi) is 4.71. The number of benzene rings is 2. The van der Waals surface area contributed by atoms with Gasteiger partial charge in [-0.2, -0.15) is 0 Å². The van der Waals surface area contributed by atoms with Gasteiger partial charge in [0.2, 0.25) is 0 Å². The Morgan fingerprint density at radius 2 is 1.09 bits per heavy atom. The first-order valence-corrected chi connectivity index (χ1v) is 11.4. The van der Waals surface area contributed by atoms with Crippen molar-refractivity contribution >= 4 is 17.8 Å². The van der Waals surface area contributed by atoms with E-state index in [0.717, 1.165) is 49.1 Å². The Morgan fingerprint density at radius 3 is 1.52 bits per heavy atom. The molecule has 0 N–H and O–H groups in total. The van der Waals surface area contributed by atoms with Gasteiger partial charge in [-0.05, 0) is 0 Å². The Morgan fingerprint density at radius 1 is 0.667 bits per heavy atom. The van der Waals surface area contributed by atoms with E-state index < -0.39 is 58.7 Å².